The lowest BCUT2D eigenvalue weighted by Crippen LogP contribution is -2.61. The van der Waals surface area contributed by atoms with Gasteiger partial charge in [-0.15, -0.1) is 0 Å². The summed E-state index contributed by atoms with van der Waals surface area (Å²) in [4.78, 5) is 49.5. The van der Waals surface area contributed by atoms with Crippen molar-refractivity contribution in [1.82, 2.24) is 34.2 Å². The molecule has 0 bridgehead atoms. The Labute approximate surface area is 187 Å². The van der Waals surface area contributed by atoms with Crippen LogP contribution in [0.4, 0.5) is 0 Å². The Bertz CT molecular complexity index is 1090. The van der Waals surface area contributed by atoms with Crippen molar-refractivity contribution in [3.8, 4) is 0 Å². The molecule has 4 rings (SSSR count). The molecule has 1 amide bonds. The fourth-order valence-electron chi connectivity index (χ4n) is 5.17. The Balaban J connectivity index is 1.39. The van der Waals surface area contributed by atoms with Crippen molar-refractivity contribution in [3.05, 3.63) is 26.7 Å². The third-order valence-corrected chi connectivity index (χ3v) is 7.31. The summed E-state index contributed by atoms with van der Waals surface area (Å²) in [5, 5.41) is 3.19. The first-order valence-electron chi connectivity index (χ1n) is 11.7. The summed E-state index contributed by atoms with van der Waals surface area (Å²) in [6.45, 7) is 4.94. The smallest absolute Gasteiger partial charge is 0.332 e. The van der Waals surface area contributed by atoms with Gasteiger partial charge in [0.1, 0.15) is 11.3 Å². The minimum atomic E-state index is -0.417. The molecule has 0 unspecified atom stereocenters. The lowest BCUT2D eigenvalue weighted by atomic mass is 9.79. The molecule has 2 aromatic heterocycles. The number of aromatic amines is 1. The standard InChI is InChI=1S/C22H35N7O3/c1-26-11-13-29(14-12-26)22(9-5-4-6-10-22)15-23-17(30)8-7-16-24-18-19(25-16)27(2)21(32)28(3)20(18)31/h4-15H2,1-3H3,(H,23,30)(H,24,25). The lowest BCUT2D eigenvalue weighted by Gasteiger charge is -2.49. The summed E-state index contributed by atoms with van der Waals surface area (Å²) in [6.07, 6.45) is 6.66. The van der Waals surface area contributed by atoms with Crippen LogP contribution < -0.4 is 16.6 Å². The first-order valence-corrected chi connectivity index (χ1v) is 11.7. The molecule has 3 heterocycles. The summed E-state index contributed by atoms with van der Waals surface area (Å²) in [5.74, 6) is 0.534. The van der Waals surface area contributed by atoms with Gasteiger partial charge in [-0.3, -0.25) is 23.6 Å². The van der Waals surface area contributed by atoms with Crippen LogP contribution in [-0.2, 0) is 25.3 Å². The van der Waals surface area contributed by atoms with Crippen LogP contribution in [0.15, 0.2) is 9.59 Å². The number of likely N-dealkylation sites (N-methyl/N-ethyl adjacent to an activating group) is 1. The van der Waals surface area contributed by atoms with Crippen molar-refractivity contribution in [1.29, 1.82) is 0 Å². The van der Waals surface area contributed by atoms with E-state index in [0.29, 0.717) is 30.0 Å². The summed E-state index contributed by atoms with van der Waals surface area (Å²) >= 11 is 0. The van der Waals surface area contributed by atoms with Crippen LogP contribution in [0.2, 0.25) is 0 Å². The van der Waals surface area contributed by atoms with Crippen LogP contribution in [0.3, 0.4) is 0 Å². The van der Waals surface area contributed by atoms with E-state index in [-0.39, 0.29) is 17.9 Å². The van der Waals surface area contributed by atoms with Gasteiger partial charge in [0.2, 0.25) is 5.91 Å². The number of piperazine rings is 1. The molecule has 1 aliphatic heterocycles. The van der Waals surface area contributed by atoms with Crippen molar-refractivity contribution in [2.45, 2.75) is 50.5 Å². The van der Waals surface area contributed by atoms with Crippen LogP contribution >= 0.6 is 0 Å². The molecule has 1 aliphatic carbocycles. The van der Waals surface area contributed by atoms with Gasteiger partial charge in [0, 0.05) is 65.2 Å². The van der Waals surface area contributed by atoms with Gasteiger partial charge in [0.25, 0.3) is 5.56 Å². The second kappa shape index (κ2) is 9.19. The van der Waals surface area contributed by atoms with Crippen LogP contribution in [0.1, 0.15) is 44.3 Å². The quantitative estimate of drug-likeness (QED) is 0.646. The van der Waals surface area contributed by atoms with E-state index < -0.39 is 11.2 Å². The van der Waals surface area contributed by atoms with Crippen molar-refractivity contribution in [2.24, 2.45) is 14.1 Å². The Kier molecular flexibility index (Phi) is 6.52. The number of nitrogens with one attached hydrogen (secondary N) is 2. The van der Waals surface area contributed by atoms with E-state index in [9.17, 15) is 14.4 Å². The maximum atomic E-state index is 12.7. The van der Waals surface area contributed by atoms with Crippen molar-refractivity contribution in [3.63, 3.8) is 0 Å². The van der Waals surface area contributed by atoms with Gasteiger partial charge in [-0.25, -0.2) is 9.78 Å². The van der Waals surface area contributed by atoms with Gasteiger partial charge in [-0.05, 0) is 19.9 Å². The van der Waals surface area contributed by atoms with Gasteiger partial charge in [-0.2, -0.15) is 0 Å². The molecule has 176 valence electrons. The number of H-pyrrole nitrogens is 1. The Hall–Kier alpha value is -2.46. The molecule has 0 spiro atoms. The third kappa shape index (κ3) is 4.38. The minimum Gasteiger partial charge on any atom is -0.354 e. The van der Waals surface area contributed by atoms with Gasteiger partial charge < -0.3 is 15.2 Å². The number of hydrogen-bond acceptors (Lipinski definition) is 6. The third-order valence-electron chi connectivity index (χ3n) is 7.31. The Morgan fingerprint density at radius 3 is 2.41 bits per heavy atom. The van der Waals surface area contributed by atoms with Crippen LogP contribution in [0.5, 0.6) is 0 Å². The molecular formula is C22H35N7O3. The average molecular weight is 446 g/mol. The largest absolute Gasteiger partial charge is 0.354 e. The molecule has 0 atom stereocenters. The number of aryl methyl sites for hydroxylation is 2. The Morgan fingerprint density at radius 1 is 1.03 bits per heavy atom. The summed E-state index contributed by atoms with van der Waals surface area (Å²) in [5.41, 5.74) is -0.136. The van der Waals surface area contributed by atoms with E-state index in [1.54, 1.807) is 7.05 Å². The van der Waals surface area contributed by atoms with Crippen molar-refractivity contribution < 1.29 is 4.79 Å². The predicted octanol–water partition coefficient (Wildman–Crippen LogP) is -0.0406. The number of amides is 1. The molecule has 10 heteroatoms. The molecule has 10 nitrogen and oxygen atoms in total. The van der Waals surface area contributed by atoms with E-state index in [1.165, 1.54) is 30.9 Å². The second-order valence-electron chi connectivity index (χ2n) is 9.44. The van der Waals surface area contributed by atoms with Crippen molar-refractivity contribution in [2.75, 3.05) is 39.8 Å². The minimum absolute atomic E-state index is 0.00803. The maximum Gasteiger partial charge on any atom is 0.332 e. The zero-order chi connectivity index (χ0) is 22.9. The van der Waals surface area contributed by atoms with Crippen molar-refractivity contribution >= 4 is 17.1 Å². The van der Waals surface area contributed by atoms with Gasteiger partial charge in [0.15, 0.2) is 5.65 Å². The number of imidazole rings is 1. The fraction of sp³-hybridized carbons (Fsp3) is 0.727. The SMILES string of the molecule is CN1CCN(C2(CNC(=O)CCc3nc4c([nH]3)c(=O)n(C)c(=O)n4C)CCCCC2)CC1. The topological polar surface area (TPSA) is 108 Å². The molecule has 1 saturated heterocycles. The van der Waals surface area contributed by atoms with Crippen LogP contribution in [0.25, 0.3) is 11.2 Å². The Morgan fingerprint density at radius 2 is 1.72 bits per heavy atom. The molecular weight excluding hydrogens is 410 g/mol. The maximum absolute atomic E-state index is 12.7. The molecule has 0 radical (unpaired) electrons. The molecule has 0 aromatic carbocycles. The van der Waals surface area contributed by atoms with Gasteiger partial charge in [0.05, 0.1) is 0 Å². The van der Waals surface area contributed by atoms with E-state index in [4.69, 9.17) is 0 Å². The molecule has 32 heavy (non-hydrogen) atoms. The van der Waals surface area contributed by atoms with Gasteiger partial charge in [-0.1, -0.05) is 19.3 Å². The first kappa shape index (κ1) is 22.7. The zero-order valence-corrected chi connectivity index (χ0v) is 19.4. The highest BCUT2D eigenvalue weighted by Gasteiger charge is 2.39. The summed E-state index contributed by atoms with van der Waals surface area (Å²) in [7, 11) is 5.20. The lowest BCUT2D eigenvalue weighted by molar-refractivity contribution is -0.122. The van der Waals surface area contributed by atoms with E-state index in [1.807, 2.05) is 0 Å². The number of hydrogen-bond donors (Lipinski definition) is 2. The number of carbonyl (C=O) groups excluding carboxylic acids is 1. The van der Waals surface area contributed by atoms with Crippen LogP contribution in [0, 0.1) is 0 Å². The zero-order valence-electron chi connectivity index (χ0n) is 19.4. The highest BCUT2D eigenvalue weighted by Crippen LogP contribution is 2.34. The number of rotatable bonds is 6. The van der Waals surface area contributed by atoms with E-state index >= 15 is 0 Å². The summed E-state index contributed by atoms with van der Waals surface area (Å²) < 4.78 is 2.40. The monoisotopic (exact) mass is 445 g/mol. The average Bonchev–Trinajstić information content (AvgIpc) is 3.24. The number of carbonyl (C=O) groups is 1. The normalized spacial score (nSPS) is 20.0. The highest BCUT2D eigenvalue weighted by atomic mass is 16.2. The van der Waals surface area contributed by atoms with E-state index in [0.717, 1.165) is 43.6 Å². The highest BCUT2D eigenvalue weighted by molar-refractivity contribution is 5.76. The predicted molar refractivity (Wildman–Crippen MR) is 123 cm³/mol. The second-order valence-corrected chi connectivity index (χ2v) is 9.44. The molecule has 2 fully saturated rings. The molecule has 2 N–H and O–H groups in total. The fourth-order valence-corrected chi connectivity index (χ4v) is 5.17. The molecule has 1 saturated carbocycles. The molecule has 2 aromatic rings. The number of nitrogens with zero attached hydrogens (tertiary/aromatic N) is 5. The number of fused-ring (bicyclic) bond motifs is 1. The van der Waals surface area contributed by atoms with E-state index in [2.05, 4.69) is 32.1 Å². The number of aromatic nitrogens is 4. The first-order chi connectivity index (χ1) is 15.3. The van der Waals surface area contributed by atoms with Gasteiger partial charge >= 0.3 is 5.69 Å². The van der Waals surface area contributed by atoms with Crippen LogP contribution in [-0.4, -0.2) is 80.1 Å². The molecule has 2 aliphatic rings. The summed E-state index contributed by atoms with van der Waals surface area (Å²) in [6, 6.07) is 0.